The van der Waals surface area contributed by atoms with Crippen LogP contribution in [0.15, 0.2) is 42.5 Å². The van der Waals surface area contributed by atoms with Gasteiger partial charge in [-0.05, 0) is 25.0 Å². The van der Waals surface area contributed by atoms with E-state index >= 15 is 0 Å². The van der Waals surface area contributed by atoms with Gasteiger partial charge in [-0.15, -0.1) is 0 Å². The third kappa shape index (κ3) is 2.50. The second-order valence-electron chi connectivity index (χ2n) is 4.29. The molecular weight excluding hydrogens is 228 g/mol. The number of ketones is 1. The highest BCUT2D eigenvalue weighted by molar-refractivity contribution is 6.06. The van der Waals surface area contributed by atoms with Crippen molar-refractivity contribution in [1.82, 2.24) is 0 Å². The molecule has 0 unspecified atom stereocenters. The number of carbonyl (C=O) groups is 2. The SMILES string of the molecule is CCOC(=O)[C@@H]1C(=O)C=CC[C@H]1c1ccccc1. The van der Waals surface area contributed by atoms with Gasteiger partial charge in [0.1, 0.15) is 5.92 Å². The third-order valence-electron chi connectivity index (χ3n) is 3.15. The van der Waals surface area contributed by atoms with Crippen LogP contribution < -0.4 is 0 Å². The summed E-state index contributed by atoms with van der Waals surface area (Å²) in [6, 6.07) is 9.65. The van der Waals surface area contributed by atoms with Gasteiger partial charge >= 0.3 is 5.97 Å². The maximum absolute atomic E-state index is 11.9. The van der Waals surface area contributed by atoms with Crippen molar-refractivity contribution >= 4 is 11.8 Å². The minimum absolute atomic E-state index is 0.109. The van der Waals surface area contributed by atoms with Crippen LogP contribution in [-0.4, -0.2) is 18.4 Å². The van der Waals surface area contributed by atoms with Crippen LogP contribution in [0.25, 0.3) is 0 Å². The zero-order chi connectivity index (χ0) is 13.0. The number of ether oxygens (including phenoxy) is 1. The van der Waals surface area contributed by atoms with E-state index in [0.717, 1.165) is 5.56 Å². The van der Waals surface area contributed by atoms with E-state index in [0.29, 0.717) is 13.0 Å². The Labute approximate surface area is 106 Å². The number of allylic oxidation sites excluding steroid dienone is 2. The lowest BCUT2D eigenvalue weighted by Crippen LogP contribution is -2.32. The summed E-state index contributed by atoms with van der Waals surface area (Å²) < 4.78 is 5.01. The Hall–Kier alpha value is -1.90. The molecule has 18 heavy (non-hydrogen) atoms. The standard InChI is InChI=1S/C15H16O3/c1-2-18-15(17)14-12(9-6-10-13(14)16)11-7-4-3-5-8-11/h3-8,10,12,14H,2,9H2,1H3/t12-,14-/m0/s1. The van der Waals surface area contributed by atoms with Crippen LogP contribution in [0, 0.1) is 5.92 Å². The molecule has 0 radical (unpaired) electrons. The van der Waals surface area contributed by atoms with Crippen molar-refractivity contribution in [3.05, 3.63) is 48.0 Å². The Kier molecular flexibility index (Phi) is 3.92. The molecule has 2 atom stereocenters. The predicted octanol–water partition coefficient (Wildman–Crippen LogP) is 2.48. The summed E-state index contributed by atoms with van der Waals surface area (Å²) in [5.74, 6) is -1.38. The average molecular weight is 244 g/mol. The molecule has 0 saturated heterocycles. The molecule has 94 valence electrons. The minimum atomic E-state index is -0.697. The molecule has 0 spiro atoms. The van der Waals surface area contributed by atoms with Gasteiger partial charge in [0.05, 0.1) is 6.61 Å². The fraction of sp³-hybridized carbons (Fsp3) is 0.333. The van der Waals surface area contributed by atoms with Gasteiger partial charge in [-0.1, -0.05) is 36.4 Å². The highest BCUT2D eigenvalue weighted by Crippen LogP contribution is 2.33. The summed E-state index contributed by atoms with van der Waals surface area (Å²) in [6.07, 6.45) is 4.01. The lowest BCUT2D eigenvalue weighted by Gasteiger charge is -2.25. The van der Waals surface area contributed by atoms with E-state index in [9.17, 15) is 9.59 Å². The molecule has 0 fully saturated rings. The molecule has 0 N–H and O–H groups in total. The highest BCUT2D eigenvalue weighted by atomic mass is 16.5. The van der Waals surface area contributed by atoms with Crippen LogP contribution in [0.4, 0.5) is 0 Å². The first kappa shape index (κ1) is 12.6. The smallest absolute Gasteiger partial charge is 0.317 e. The summed E-state index contributed by atoms with van der Waals surface area (Å²) >= 11 is 0. The highest BCUT2D eigenvalue weighted by Gasteiger charge is 2.37. The molecule has 0 aromatic heterocycles. The topological polar surface area (TPSA) is 43.4 Å². The maximum atomic E-state index is 11.9. The quantitative estimate of drug-likeness (QED) is 0.606. The summed E-state index contributed by atoms with van der Waals surface area (Å²) in [5.41, 5.74) is 1.01. The molecule has 0 amide bonds. The zero-order valence-electron chi connectivity index (χ0n) is 10.3. The van der Waals surface area contributed by atoms with Crippen molar-refractivity contribution in [2.45, 2.75) is 19.3 Å². The summed E-state index contributed by atoms with van der Waals surface area (Å²) in [7, 11) is 0. The van der Waals surface area contributed by atoms with E-state index in [1.807, 2.05) is 36.4 Å². The van der Waals surface area contributed by atoms with Gasteiger partial charge < -0.3 is 4.74 Å². The van der Waals surface area contributed by atoms with E-state index in [2.05, 4.69) is 0 Å². The van der Waals surface area contributed by atoms with Gasteiger partial charge in [0.2, 0.25) is 0 Å². The monoisotopic (exact) mass is 244 g/mol. The number of hydrogen-bond donors (Lipinski definition) is 0. The molecule has 1 aromatic carbocycles. The zero-order valence-corrected chi connectivity index (χ0v) is 10.3. The Morgan fingerprint density at radius 2 is 2.06 bits per heavy atom. The predicted molar refractivity (Wildman–Crippen MR) is 68.1 cm³/mol. The Bertz CT molecular complexity index is 462. The first-order valence-electron chi connectivity index (χ1n) is 6.16. The number of carbonyl (C=O) groups excluding carboxylic acids is 2. The van der Waals surface area contributed by atoms with Crippen molar-refractivity contribution in [1.29, 1.82) is 0 Å². The summed E-state index contributed by atoms with van der Waals surface area (Å²) in [6.45, 7) is 2.05. The van der Waals surface area contributed by atoms with Gasteiger partial charge in [0.15, 0.2) is 5.78 Å². The average Bonchev–Trinajstić information content (AvgIpc) is 2.39. The molecule has 0 saturated carbocycles. The van der Waals surface area contributed by atoms with E-state index < -0.39 is 11.9 Å². The number of esters is 1. The van der Waals surface area contributed by atoms with Crippen molar-refractivity contribution in [3.63, 3.8) is 0 Å². The van der Waals surface area contributed by atoms with E-state index in [1.165, 1.54) is 6.08 Å². The number of benzene rings is 1. The molecule has 1 aliphatic rings. The van der Waals surface area contributed by atoms with E-state index in [4.69, 9.17) is 4.74 Å². The van der Waals surface area contributed by atoms with Crippen LogP contribution in [0.1, 0.15) is 24.8 Å². The van der Waals surface area contributed by atoms with Crippen molar-refractivity contribution in [2.24, 2.45) is 5.92 Å². The second-order valence-corrected chi connectivity index (χ2v) is 4.29. The van der Waals surface area contributed by atoms with Crippen molar-refractivity contribution in [2.75, 3.05) is 6.61 Å². The van der Waals surface area contributed by atoms with Crippen LogP contribution in [0.5, 0.6) is 0 Å². The molecular formula is C15H16O3. The Morgan fingerprint density at radius 1 is 1.33 bits per heavy atom. The van der Waals surface area contributed by atoms with E-state index in [-0.39, 0.29) is 11.7 Å². The normalized spacial score (nSPS) is 22.8. The van der Waals surface area contributed by atoms with Gasteiger partial charge in [-0.3, -0.25) is 9.59 Å². The molecule has 3 heteroatoms. The second kappa shape index (κ2) is 5.63. The Morgan fingerprint density at radius 3 is 2.72 bits per heavy atom. The summed E-state index contributed by atoms with van der Waals surface area (Å²) in [4.78, 5) is 23.8. The maximum Gasteiger partial charge on any atom is 0.317 e. The number of rotatable bonds is 3. The third-order valence-corrected chi connectivity index (χ3v) is 3.15. The molecule has 0 bridgehead atoms. The van der Waals surface area contributed by atoms with Crippen LogP contribution >= 0.6 is 0 Å². The fourth-order valence-electron chi connectivity index (χ4n) is 2.31. The molecule has 1 aliphatic carbocycles. The molecule has 1 aromatic rings. The molecule has 0 aliphatic heterocycles. The minimum Gasteiger partial charge on any atom is -0.465 e. The van der Waals surface area contributed by atoms with Crippen molar-refractivity contribution < 1.29 is 14.3 Å². The number of hydrogen-bond acceptors (Lipinski definition) is 3. The lowest BCUT2D eigenvalue weighted by molar-refractivity contribution is -0.151. The lowest BCUT2D eigenvalue weighted by atomic mass is 9.78. The van der Waals surface area contributed by atoms with Crippen LogP contribution in [0.2, 0.25) is 0 Å². The molecule has 0 heterocycles. The van der Waals surface area contributed by atoms with Gasteiger partial charge in [-0.25, -0.2) is 0 Å². The van der Waals surface area contributed by atoms with Crippen LogP contribution in [-0.2, 0) is 14.3 Å². The van der Waals surface area contributed by atoms with E-state index in [1.54, 1.807) is 6.92 Å². The molecule has 2 rings (SSSR count). The van der Waals surface area contributed by atoms with Crippen molar-refractivity contribution in [3.8, 4) is 0 Å². The molecule has 3 nitrogen and oxygen atoms in total. The van der Waals surface area contributed by atoms with Gasteiger partial charge in [0, 0.05) is 5.92 Å². The van der Waals surface area contributed by atoms with Gasteiger partial charge in [0.25, 0.3) is 0 Å². The van der Waals surface area contributed by atoms with Crippen LogP contribution in [0.3, 0.4) is 0 Å². The van der Waals surface area contributed by atoms with Gasteiger partial charge in [-0.2, -0.15) is 0 Å². The first-order valence-corrected chi connectivity index (χ1v) is 6.16. The first-order chi connectivity index (χ1) is 8.74. The Balaban J connectivity index is 2.30. The fourth-order valence-corrected chi connectivity index (χ4v) is 2.31. The summed E-state index contributed by atoms with van der Waals surface area (Å²) in [5, 5.41) is 0. The largest absolute Gasteiger partial charge is 0.465 e.